The van der Waals surface area contributed by atoms with E-state index in [0.29, 0.717) is 42.9 Å². The molecule has 1 aromatic heterocycles. The van der Waals surface area contributed by atoms with Gasteiger partial charge < -0.3 is 19.7 Å². The lowest BCUT2D eigenvalue weighted by Crippen LogP contribution is -2.40. The van der Waals surface area contributed by atoms with Crippen LogP contribution in [0.15, 0.2) is 29.2 Å². The summed E-state index contributed by atoms with van der Waals surface area (Å²) in [7, 11) is -3.81. The number of anilines is 1. The second-order valence-electron chi connectivity index (χ2n) is 9.53. The third-order valence-corrected chi connectivity index (χ3v) is 10.1. The minimum absolute atomic E-state index is 0.0433. The number of hydrogen-bond acceptors (Lipinski definition) is 9. The molecule has 0 atom stereocenters. The van der Waals surface area contributed by atoms with Crippen LogP contribution in [0.4, 0.5) is 5.00 Å². The quantitative estimate of drug-likeness (QED) is 0.462. The van der Waals surface area contributed by atoms with E-state index < -0.39 is 21.9 Å². The van der Waals surface area contributed by atoms with E-state index in [1.165, 1.54) is 46.8 Å². The molecule has 13 heteroatoms. The molecule has 2 aromatic rings. The Morgan fingerprint density at radius 2 is 1.65 bits per heavy atom. The number of nitrogens with one attached hydrogen (secondary N) is 1. The van der Waals surface area contributed by atoms with Crippen molar-refractivity contribution in [2.45, 2.75) is 51.5 Å². The van der Waals surface area contributed by atoms with Gasteiger partial charge in [0.15, 0.2) is 0 Å². The monoisotopic (exact) mass is 591 g/mol. The molecule has 11 nitrogen and oxygen atoms in total. The molecule has 2 amide bonds. The molecular weight excluding hydrogens is 558 g/mol. The lowest BCUT2D eigenvalue weighted by molar-refractivity contribution is -0.149. The number of nitrogens with zero attached hydrogens (tertiary/aromatic N) is 2. The smallest absolute Gasteiger partial charge is 0.341 e. The lowest BCUT2D eigenvalue weighted by atomic mass is 9.98. The molecule has 2 aliphatic rings. The fourth-order valence-electron chi connectivity index (χ4n) is 4.87. The van der Waals surface area contributed by atoms with Crippen LogP contribution in [0.2, 0.25) is 0 Å². The summed E-state index contributed by atoms with van der Waals surface area (Å²) in [5.74, 6) is -1.73. The largest absolute Gasteiger partial charge is 0.466 e. The Balaban J connectivity index is 1.48. The van der Waals surface area contributed by atoms with Crippen LogP contribution >= 0.6 is 11.3 Å². The van der Waals surface area contributed by atoms with Gasteiger partial charge in [0.25, 0.3) is 5.91 Å². The van der Waals surface area contributed by atoms with Crippen LogP contribution in [0.1, 0.15) is 64.8 Å². The van der Waals surface area contributed by atoms with Crippen molar-refractivity contribution in [1.82, 2.24) is 9.21 Å². The zero-order valence-electron chi connectivity index (χ0n) is 22.7. The maximum absolute atomic E-state index is 13.2. The molecule has 4 rings (SSSR count). The first-order valence-electron chi connectivity index (χ1n) is 13.2. The van der Waals surface area contributed by atoms with Gasteiger partial charge in [-0.1, -0.05) is 0 Å². The number of sulfonamides is 1. The van der Waals surface area contributed by atoms with Crippen LogP contribution in [-0.2, 0) is 42.1 Å². The highest BCUT2D eigenvalue weighted by molar-refractivity contribution is 7.89. The van der Waals surface area contributed by atoms with E-state index in [4.69, 9.17) is 9.47 Å². The second-order valence-corrected chi connectivity index (χ2v) is 12.6. The number of hydrogen-bond donors (Lipinski definition) is 1. The number of esters is 2. The predicted octanol–water partition coefficient (Wildman–Crippen LogP) is 3.05. The third kappa shape index (κ3) is 6.21. The van der Waals surface area contributed by atoms with E-state index in [0.717, 1.165) is 10.4 Å². The average Bonchev–Trinajstić information content (AvgIpc) is 3.30. The van der Waals surface area contributed by atoms with Gasteiger partial charge in [-0.15, -0.1) is 11.3 Å². The molecule has 0 unspecified atom stereocenters. The minimum Gasteiger partial charge on any atom is -0.466 e. The summed E-state index contributed by atoms with van der Waals surface area (Å²) in [4.78, 5) is 52.3. The normalized spacial score (nSPS) is 16.2. The van der Waals surface area contributed by atoms with E-state index in [9.17, 15) is 27.6 Å². The first kappa shape index (κ1) is 29.7. The van der Waals surface area contributed by atoms with Gasteiger partial charge >= 0.3 is 11.9 Å². The van der Waals surface area contributed by atoms with Crippen molar-refractivity contribution in [2.75, 3.05) is 38.2 Å². The van der Waals surface area contributed by atoms with Crippen LogP contribution in [0, 0.1) is 5.92 Å². The van der Waals surface area contributed by atoms with Gasteiger partial charge in [0.1, 0.15) is 5.00 Å². The molecule has 1 aromatic carbocycles. The zero-order valence-corrected chi connectivity index (χ0v) is 24.4. The summed E-state index contributed by atoms with van der Waals surface area (Å²) < 4.78 is 37.9. The minimum atomic E-state index is -3.81. The van der Waals surface area contributed by atoms with Crippen molar-refractivity contribution < 1.29 is 37.1 Å². The molecule has 1 fully saturated rings. The zero-order chi connectivity index (χ0) is 29.0. The number of ether oxygens (including phenoxy) is 2. The number of carbonyl (C=O) groups is 4. The van der Waals surface area contributed by atoms with Crippen molar-refractivity contribution in [3.8, 4) is 0 Å². The van der Waals surface area contributed by atoms with Gasteiger partial charge in [-0.2, -0.15) is 4.31 Å². The van der Waals surface area contributed by atoms with E-state index in [-0.39, 0.29) is 54.6 Å². The number of thiophene rings is 1. The molecule has 1 saturated heterocycles. The number of piperidine rings is 1. The Bertz CT molecular complexity index is 1390. The van der Waals surface area contributed by atoms with Crippen molar-refractivity contribution in [1.29, 1.82) is 0 Å². The summed E-state index contributed by atoms with van der Waals surface area (Å²) in [5, 5.41) is 3.12. The van der Waals surface area contributed by atoms with Crippen LogP contribution in [-0.4, -0.2) is 74.2 Å². The van der Waals surface area contributed by atoms with Gasteiger partial charge in [0, 0.05) is 37.0 Å². The van der Waals surface area contributed by atoms with Gasteiger partial charge in [-0.05, 0) is 62.9 Å². The summed E-state index contributed by atoms with van der Waals surface area (Å²) in [5.41, 5.74) is 1.28. The van der Waals surface area contributed by atoms with Gasteiger partial charge in [-0.3, -0.25) is 14.4 Å². The highest BCUT2D eigenvalue weighted by atomic mass is 32.2. The average molecular weight is 592 g/mol. The SMILES string of the molecule is CCOC(=O)c1c(NC(=O)c2ccc(S(=O)(=O)N3CCC(C(=O)OCC)CC3)cc2)sc2c1CCN(C(C)=O)C2. The topological polar surface area (TPSA) is 139 Å². The van der Waals surface area contributed by atoms with Crippen LogP contribution in [0.5, 0.6) is 0 Å². The number of benzene rings is 1. The molecule has 1 N–H and O–H groups in total. The highest BCUT2D eigenvalue weighted by Crippen LogP contribution is 2.38. The Morgan fingerprint density at radius 3 is 2.25 bits per heavy atom. The van der Waals surface area contributed by atoms with E-state index in [1.807, 2.05) is 0 Å². The number of carbonyl (C=O) groups excluding carboxylic acids is 4. The van der Waals surface area contributed by atoms with Crippen molar-refractivity contribution in [3.05, 3.63) is 45.8 Å². The van der Waals surface area contributed by atoms with Gasteiger partial charge in [-0.25, -0.2) is 13.2 Å². The summed E-state index contributed by atoms with van der Waals surface area (Å²) >= 11 is 1.23. The standard InChI is InChI=1S/C27H33N3O8S2/c1-4-37-26(33)19-10-14-30(15-11-19)40(35,36)20-8-6-18(7-9-20)24(32)28-25-23(27(34)38-5-2)21-12-13-29(17(3)31)16-22(21)39-25/h6-9,19H,4-5,10-16H2,1-3H3,(H,28,32). The Morgan fingerprint density at radius 1 is 1.00 bits per heavy atom. The van der Waals surface area contributed by atoms with Gasteiger partial charge in [0.05, 0.1) is 36.1 Å². The molecule has 0 radical (unpaired) electrons. The second kappa shape index (κ2) is 12.5. The first-order chi connectivity index (χ1) is 19.1. The van der Waals surface area contributed by atoms with E-state index in [2.05, 4.69) is 5.32 Å². The van der Waals surface area contributed by atoms with Crippen molar-refractivity contribution >= 4 is 50.1 Å². The number of amides is 2. The van der Waals surface area contributed by atoms with Crippen LogP contribution in [0.3, 0.4) is 0 Å². The maximum Gasteiger partial charge on any atom is 0.341 e. The molecule has 0 spiro atoms. The van der Waals surface area contributed by atoms with E-state index in [1.54, 1.807) is 18.7 Å². The Kier molecular flexibility index (Phi) is 9.26. The third-order valence-electron chi connectivity index (χ3n) is 7.04. The first-order valence-corrected chi connectivity index (χ1v) is 15.5. The summed E-state index contributed by atoms with van der Waals surface area (Å²) in [6.45, 7) is 6.60. The molecule has 2 aliphatic heterocycles. The van der Waals surface area contributed by atoms with Crippen LogP contribution in [0.25, 0.3) is 0 Å². The molecule has 3 heterocycles. The molecule has 216 valence electrons. The van der Waals surface area contributed by atoms with Crippen LogP contribution < -0.4 is 5.32 Å². The van der Waals surface area contributed by atoms with Crippen molar-refractivity contribution in [3.63, 3.8) is 0 Å². The van der Waals surface area contributed by atoms with Gasteiger partial charge in [0.2, 0.25) is 15.9 Å². The summed E-state index contributed by atoms with van der Waals surface area (Å²) in [6, 6.07) is 5.58. The molecule has 40 heavy (non-hydrogen) atoms. The fourth-order valence-corrected chi connectivity index (χ4v) is 7.59. The lowest BCUT2D eigenvalue weighted by Gasteiger charge is -2.30. The maximum atomic E-state index is 13.2. The number of rotatable bonds is 8. The molecule has 0 bridgehead atoms. The fraction of sp³-hybridized carbons (Fsp3) is 0.481. The predicted molar refractivity (Wildman–Crippen MR) is 148 cm³/mol. The highest BCUT2D eigenvalue weighted by Gasteiger charge is 2.33. The van der Waals surface area contributed by atoms with Crippen molar-refractivity contribution in [2.24, 2.45) is 5.92 Å². The molecule has 0 aliphatic carbocycles. The summed E-state index contributed by atoms with van der Waals surface area (Å²) in [6.07, 6.45) is 1.24. The Hall–Kier alpha value is -3.29. The Labute approximate surface area is 237 Å². The molecular formula is C27H33N3O8S2. The number of fused-ring (bicyclic) bond motifs is 1. The van der Waals surface area contributed by atoms with E-state index >= 15 is 0 Å². The molecule has 0 saturated carbocycles.